The Balaban J connectivity index is 2.52. The molecule has 0 aliphatic carbocycles. The highest BCUT2D eigenvalue weighted by Gasteiger charge is 2.28. The van der Waals surface area contributed by atoms with Crippen LogP contribution in [-0.2, 0) is 10.2 Å². The van der Waals surface area contributed by atoms with Gasteiger partial charge in [-0.1, -0.05) is 12.2 Å². The predicted molar refractivity (Wildman–Crippen MR) is 67.4 cm³/mol. The van der Waals surface area contributed by atoms with Crippen molar-refractivity contribution in [2.75, 3.05) is 46.8 Å². The minimum atomic E-state index is -3.28. The molecule has 0 amide bonds. The fraction of sp³-hybridized carbons (Fsp3) is 0.875. The minimum absolute atomic E-state index is 0.448. The third kappa shape index (κ3) is 3.36. The van der Waals surface area contributed by atoms with E-state index in [9.17, 15) is 8.42 Å². The van der Waals surface area contributed by atoms with Crippen LogP contribution in [0.25, 0.3) is 0 Å². The molecule has 1 fully saturated rings. The Labute approximate surface area is 102 Å². The Hall–Kier alpha value is -0.280. The molecule has 16 heavy (non-hydrogen) atoms. The standard InChI is InChI=1S/C8H18N4O2S2/c1-10(2)16(13,14)12-5-3-11(4-6-12)7-8(9)15/h3-7H2,1-2H3,(H2,9,15). The van der Waals surface area contributed by atoms with Crippen LogP contribution in [0, 0.1) is 0 Å². The van der Waals surface area contributed by atoms with Crippen LogP contribution in [0.2, 0.25) is 0 Å². The molecule has 0 unspecified atom stereocenters. The molecule has 2 N–H and O–H groups in total. The SMILES string of the molecule is CN(C)S(=O)(=O)N1CCN(CC(N)=S)CC1. The molecule has 0 bridgehead atoms. The summed E-state index contributed by atoms with van der Waals surface area (Å²) in [6, 6.07) is 0. The molecule has 1 saturated heterocycles. The van der Waals surface area contributed by atoms with E-state index in [0.29, 0.717) is 37.7 Å². The van der Waals surface area contributed by atoms with Crippen LogP contribution in [0.5, 0.6) is 0 Å². The lowest BCUT2D eigenvalue weighted by Gasteiger charge is -2.34. The van der Waals surface area contributed by atoms with Crippen molar-refractivity contribution < 1.29 is 8.42 Å². The van der Waals surface area contributed by atoms with Crippen molar-refractivity contribution in [3.05, 3.63) is 0 Å². The van der Waals surface area contributed by atoms with Crippen molar-refractivity contribution in [2.24, 2.45) is 5.73 Å². The molecule has 94 valence electrons. The van der Waals surface area contributed by atoms with Crippen LogP contribution < -0.4 is 5.73 Å². The monoisotopic (exact) mass is 266 g/mol. The van der Waals surface area contributed by atoms with E-state index in [0.717, 1.165) is 0 Å². The number of hydrogen-bond acceptors (Lipinski definition) is 4. The minimum Gasteiger partial charge on any atom is -0.392 e. The van der Waals surface area contributed by atoms with Crippen molar-refractivity contribution in [3.63, 3.8) is 0 Å². The van der Waals surface area contributed by atoms with E-state index in [1.165, 1.54) is 22.7 Å². The zero-order valence-electron chi connectivity index (χ0n) is 9.59. The average molecular weight is 266 g/mol. The first-order valence-corrected chi connectivity index (χ1v) is 6.83. The van der Waals surface area contributed by atoms with Crippen molar-refractivity contribution in [3.8, 4) is 0 Å². The van der Waals surface area contributed by atoms with Gasteiger partial charge < -0.3 is 5.73 Å². The van der Waals surface area contributed by atoms with Crippen molar-refractivity contribution in [1.82, 2.24) is 13.5 Å². The molecule has 0 aromatic heterocycles. The van der Waals surface area contributed by atoms with Crippen LogP contribution in [0.4, 0.5) is 0 Å². The molecule has 6 nitrogen and oxygen atoms in total. The molecule has 1 aliphatic heterocycles. The summed E-state index contributed by atoms with van der Waals surface area (Å²) in [5, 5.41) is 0. The van der Waals surface area contributed by atoms with E-state index >= 15 is 0 Å². The molecule has 0 aromatic rings. The van der Waals surface area contributed by atoms with Gasteiger partial charge in [-0.05, 0) is 0 Å². The summed E-state index contributed by atoms with van der Waals surface area (Å²) >= 11 is 4.82. The second kappa shape index (κ2) is 5.37. The third-order valence-electron chi connectivity index (χ3n) is 2.50. The first-order valence-electron chi connectivity index (χ1n) is 5.02. The van der Waals surface area contributed by atoms with Gasteiger partial charge in [0.25, 0.3) is 10.2 Å². The maximum absolute atomic E-state index is 11.8. The number of thiocarbonyl (C=S) groups is 1. The van der Waals surface area contributed by atoms with Gasteiger partial charge in [0.2, 0.25) is 0 Å². The molecule has 1 heterocycles. The second-order valence-electron chi connectivity index (χ2n) is 3.93. The van der Waals surface area contributed by atoms with Crippen molar-refractivity contribution in [2.45, 2.75) is 0 Å². The molecule has 8 heteroatoms. The Bertz CT molecular complexity index is 347. The Kier molecular flexibility index (Phi) is 4.62. The van der Waals surface area contributed by atoms with Gasteiger partial charge in [-0.25, -0.2) is 0 Å². The molecule has 0 saturated carbocycles. The highest BCUT2D eigenvalue weighted by molar-refractivity contribution is 7.86. The molecule has 0 aromatic carbocycles. The highest BCUT2D eigenvalue weighted by atomic mass is 32.2. The van der Waals surface area contributed by atoms with Crippen LogP contribution >= 0.6 is 12.2 Å². The highest BCUT2D eigenvalue weighted by Crippen LogP contribution is 2.09. The second-order valence-corrected chi connectivity index (χ2v) is 6.60. The summed E-state index contributed by atoms with van der Waals surface area (Å²) < 4.78 is 26.3. The van der Waals surface area contributed by atoms with E-state index < -0.39 is 10.2 Å². The van der Waals surface area contributed by atoms with E-state index in [4.69, 9.17) is 18.0 Å². The van der Waals surface area contributed by atoms with Gasteiger partial charge in [-0.2, -0.15) is 17.0 Å². The number of nitrogens with two attached hydrogens (primary N) is 1. The first kappa shape index (κ1) is 13.8. The van der Waals surface area contributed by atoms with Crippen LogP contribution in [-0.4, -0.2) is 73.7 Å². The van der Waals surface area contributed by atoms with Gasteiger partial charge in [-0.15, -0.1) is 0 Å². The van der Waals surface area contributed by atoms with Gasteiger partial charge in [0.05, 0.1) is 4.99 Å². The van der Waals surface area contributed by atoms with Crippen molar-refractivity contribution >= 4 is 27.4 Å². The van der Waals surface area contributed by atoms with Crippen LogP contribution in [0.15, 0.2) is 0 Å². The molecular formula is C8H18N4O2S2. The van der Waals surface area contributed by atoms with Crippen LogP contribution in [0.1, 0.15) is 0 Å². The zero-order chi connectivity index (χ0) is 12.3. The fourth-order valence-corrected chi connectivity index (χ4v) is 2.84. The average Bonchev–Trinajstić information content (AvgIpc) is 2.17. The summed E-state index contributed by atoms with van der Waals surface area (Å²) in [5.74, 6) is 0. The maximum Gasteiger partial charge on any atom is 0.281 e. The van der Waals surface area contributed by atoms with Gasteiger partial charge in [-0.3, -0.25) is 4.90 Å². The topological polar surface area (TPSA) is 69.9 Å². The Morgan fingerprint density at radius 2 is 1.81 bits per heavy atom. The smallest absolute Gasteiger partial charge is 0.281 e. The largest absolute Gasteiger partial charge is 0.392 e. The summed E-state index contributed by atoms with van der Waals surface area (Å²) in [4.78, 5) is 2.51. The van der Waals surface area contributed by atoms with E-state index in [1.54, 1.807) is 0 Å². The molecule has 1 aliphatic rings. The normalized spacial score (nSPS) is 20.2. The van der Waals surface area contributed by atoms with E-state index in [1.807, 2.05) is 0 Å². The lowest BCUT2D eigenvalue weighted by Crippen LogP contribution is -2.52. The lowest BCUT2D eigenvalue weighted by molar-refractivity contribution is 0.204. The van der Waals surface area contributed by atoms with Gasteiger partial charge in [0, 0.05) is 46.8 Å². The predicted octanol–water partition coefficient (Wildman–Crippen LogP) is -1.30. The summed E-state index contributed by atoms with van der Waals surface area (Å²) in [7, 11) is -0.199. The quantitative estimate of drug-likeness (QED) is 0.640. The molecule has 0 radical (unpaired) electrons. The summed E-state index contributed by atoms with van der Waals surface area (Å²) in [5.41, 5.74) is 5.44. The third-order valence-corrected chi connectivity index (χ3v) is 4.57. The fourth-order valence-electron chi connectivity index (χ4n) is 1.57. The number of piperazine rings is 1. The zero-order valence-corrected chi connectivity index (χ0v) is 11.2. The number of nitrogens with zero attached hydrogens (tertiary/aromatic N) is 3. The van der Waals surface area contributed by atoms with Gasteiger partial charge in [0.15, 0.2) is 0 Å². The Morgan fingerprint density at radius 3 is 2.19 bits per heavy atom. The van der Waals surface area contributed by atoms with Crippen LogP contribution in [0.3, 0.4) is 0 Å². The van der Waals surface area contributed by atoms with Gasteiger partial charge in [0.1, 0.15) is 0 Å². The number of hydrogen-bond donors (Lipinski definition) is 1. The van der Waals surface area contributed by atoms with E-state index in [-0.39, 0.29) is 0 Å². The molecule has 0 spiro atoms. The first-order chi connectivity index (χ1) is 7.34. The van der Waals surface area contributed by atoms with E-state index in [2.05, 4.69) is 4.90 Å². The maximum atomic E-state index is 11.8. The summed E-state index contributed by atoms with van der Waals surface area (Å²) in [6.45, 7) is 2.88. The molecular weight excluding hydrogens is 248 g/mol. The lowest BCUT2D eigenvalue weighted by atomic mass is 10.3. The van der Waals surface area contributed by atoms with Gasteiger partial charge >= 0.3 is 0 Å². The van der Waals surface area contributed by atoms with Crippen molar-refractivity contribution in [1.29, 1.82) is 0 Å². The number of rotatable bonds is 4. The molecule has 1 rings (SSSR count). The Morgan fingerprint density at radius 1 is 1.31 bits per heavy atom. The molecule has 0 atom stereocenters. The summed E-state index contributed by atoms with van der Waals surface area (Å²) in [6.07, 6.45) is 0.